The largest absolute Gasteiger partial charge is 0.309 e. The number of carbonyl (C=O) groups excluding carboxylic acids is 1. The molecule has 1 amide bonds. The number of fused-ring (bicyclic) bond motifs is 1. The van der Waals surface area contributed by atoms with Crippen LogP contribution in [0.4, 0.5) is 10.2 Å². The maximum absolute atomic E-state index is 13.3. The molecule has 0 atom stereocenters. The molecule has 4 rings (SSSR count). The molecule has 0 aliphatic rings. The van der Waals surface area contributed by atoms with Crippen LogP contribution in [-0.2, 0) is 14.8 Å². The first-order chi connectivity index (χ1) is 14.8. The maximum atomic E-state index is 13.3. The summed E-state index contributed by atoms with van der Waals surface area (Å²) in [6.45, 7) is 1.49. The number of nitrogens with one attached hydrogen (secondary N) is 1. The van der Waals surface area contributed by atoms with Gasteiger partial charge in [0.05, 0.1) is 11.4 Å². The topological polar surface area (TPSA) is 83.8 Å². The summed E-state index contributed by atoms with van der Waals surface area (Å²) >= 11 is 1.38. The number of rotatable bonds is 6. The Labute approximate surface area is 182 Å². The van der Waals surface area contributed by atoms with Crippen molar-refractivity contribution in [1.29, 1.82) is 0 Å². The average molecular weight is 459 g/mol. The van der Waals surface area contributed by atoms with Gasteiger partial charge in [-0.1, -0.05) is 17.7 Å². The zero-order valence-electron chi connectivity index (χ0n) is 16.7. The molecule has 0 spiro atoms. The van der Waals surface area contributed by atoms with Gasteiger partial charge in [-0.2, -0.15) is 4.31 Å². The van der Waals surface area contributed by atoms with Crippen LogP contribution < -0.4 is 5.32 Å². The van der Waals surface area contributed by atoms with E-state index >= 15 is 0 Å². The van der Waals surface area contributed by atoms with Crippen LogP contribution in [0.15, 0.2) is 65.0 Å². The summed E-state index contributed by atoms with van der Waals surface area (Å²) in [5.74, 6) is -0.498. The molecule has 31 heavy (non-hydrogen) atoms. The summed E-state index contributed by atoms with van der Waals surface area (Å²) in [5.41, 5.74) is 2.05. The van der Waals surface area contributed by atoms with Crippen molar-refractivity contribution in [3.05, 3.63) is 71.5 Å². The molecule has 0 aliphatic carbocycles. The monoisotopic (exact) mass is 458 g/mol. The second-order valence-electron chi connectivity index (χ2n) is 6.99. The fourth-order valence-corrected chi connectivity index (χ4v) is 4.90. The number of aryl methyl sites for hydroxylation is 1. The molecule has 2 aromatic carbocycles. The second kappa shape index (κ2) is 8.22. The van der Waals surface area contributed by atoms with Gasteiger partial charge in [-0.05, 0) is 43.3 Å². The number of carbonyl (C=O) groups is 1. The minimum Gasteiger partial charge on any atom is -0.309 e. The molecule has 2 heterocycles. The van der Waals surface area contributed by atoms with E-state index in [0.717, 1.165) is 9.87 Å². The Morgan fingerprint density at radius 3 is 2.52 bits per heavy atom. The molecule has 0 radical (unpaired) electrons. The van der Waals surface area contributed by atoms with Gasteiger partial charge < -0.3 is 5.32 Å². The Kier molecular flexibility index (Phi) is 5.61. The number of halogens is 1. The summed E-state index contributed by atoms with van der Waals surface area (Å²) in [5, 5.41) is 4.58. The Hall–Kier alpha value is -3.08. The normalized spacial score (nSPS) is 11.9. The Morgan fingerprint density at radius 1 is 1.16 bits per heavy atom. The van der Waals surface area contributed by atoms with E-state index in [4.69, 9.17) is 0 Å². The lowest BCUT2D eigenvalue weighted by molar-refractivity contribution is -0.116. The van der Waals surface area contributed by atoms with Crippen molar-refractivity contribution in [2.45, 2.75) is 11.8 Å². The van der Waals surface area contributed by atoms with Crippen molar-refractivity contribution >= 4 is 38.0 Å². The predicted molar refractivity (Wildman–Crippen MR) is 118 cm³/mol. The smallest absolute Gasteiger partial charge is 0.243 e. The summed E-state index contributed by atoms with van der Waals surface area (Å²) in [4.78, 5) is 18.0. The number of benzene rings is 2. The van der Waals surface area contributed by atoms with Crippen LogP contribution in [0.2, 0.25) is 0 Å². The third kappa shape index (κ3) is 4.22. The van der Waals surface area contributed by atoms with Crippen molar-refractivity contribution in [3.8, 4) is 11.3 Å². The first-order valence-corrected chi connectivity index (χ1v) is 11.6. The predicted octanol–water partition coefficient (Wildman–Crippen LogP) is 3.77. The molecule has 1 N–H and O–H groups in total. The van der Waals surface area contributed by atoms with Gasteiger partial charge in [-0.3, -0.25) is 9.20 Å². The molecular weight excluding hydrogens is 439 g/mol. The van der Waals surface area contributed by atoms with E-state index < -0.39 is 15.9 Å². The standard InChI is InChI=1S/C21H19FN4O3S2/c1-14-3-9-17(10-4-14)31(28,29)25(2)13-18(27)23-20-19(15-5-7-16(22)8-6-15)24-21-26(20)11-12-30-21/h3-12H,13H2,1-2H3,(H,23,27). The zero-order chi connectivity index (χ0) is 22.2. The number of anilines is 1. The first kappa shape index (κ1) is 21.2. The number of aromatic nitrogens is 2. The van der Waals surface area contributed by atoms with Crippen LogP contribution in [0.3, 0.4) is 0 Å². The van der Waals surface area contributed by atoms with Gasteiger partial charge in [-0.25, -0.2) is 17.8 Å². The van der Waals surface area contributed by atoms with Crippen LogP contribution in [0, 0.1) is 12.7 Å². The number of hydrogen-bond donors (Lipinski definition) is 1. The summed E-state index contributed by atoms with van der Waals surface area (Å²) in [7, 11) is -2.46. The Bertz CT molecular complexity index is 1340. The van der Waals surface area contributed by atoms with Crippen LogP contribution in [-0.4, -0.2) is 41.6 Å². The third-order valence-corrected chi connectivity index (χ3v) is 7.31. The number of nitrogens with zero attached hydrogens (tertiary/aromatic N) is 3. The van der Waals surface area contributed by atoms with Crippen molar-refractivity contribution < 1.29 is 17.6 Å². The number of thiazole rings is 1. The van der Waals surface area contributed by atoms with E-state index in [2.05, 4.69) is 10.3 Å². The van der Waals surface area contributed by atoms with Gasteiger partial charge in [0.15, 0.2) is 4.96 Å². The average Bonchev–Trinajstić information content (AvgIpc) is 3.31. The van der Waals surface area contributed by atoms with E-state index in [9.17, 15) is 17.6 Å². The molecule has 0 unspecified atom stereocenters. The molecule has 10 heteroatoms. The van der Waals surface area contributed by atoms with E-state index in [1.54, 1.807) is 34.9 Å². The van der Waals surface area contributed by atoms with Gasteiger partial charge in [0.2, 0.25) is 15.9 Å². The van der Waals surface area contributed by atoms with E-state index in [1.165, 1.54) is 42.6 Å². The molecule has 7 nitrogen and oxygen atoms in total. The highest BCUT2D eigenvalue weighted by Crippen LogP contribution is 2.31. The first-order valence-electron chi connectivity index (χ1n) is 9.30. The molecule has 0 bridgehead atoms. The summed E-state index contributed by atoms with van der Waals surface area (Å²) in [6.07, 6.45) is 1.75. The maximum Gasteiger partial charge on any atom is 0.243 e. The van der Waals surface area contributed by atoms with Gasteiger partial charge in [0, 0.05) is 24.2 Å². The lowest BCUT2D eigenvalue weighted by atomic mass is 10.1. The van der Waals surface area contributed by atoms with Crippen molar-refractivity contribution in [2.24, 2.45) is 0 Å². The molecule has 0 aliphatic heterocycles. The van der Waals surface area contributed by atoms with Crippen LogP contribution in [0.25, 0.3) is 16.2 Å². The minimum atomic E-state index is -3.82. The molecule has 0 fully saturated rings. The molecule has 160 valence electrons. The number of likely N-dealkylation sites (N-methyl/N-ethyl adjacent to an activating group) is 1. The Morgan fingerprint density at radius 2 is 1.84 bits per heavy atom. The van der Waals surface area contributed by atoms with Crippen LogP contribution >= 0.6 is 11.3 Å². The molecule has 0 saturated heterocycles. The van der Waals surface area contributed by atoms with Crippen molar-refractivity contribution in [3.63, 3.8) is 0 Å². The van der Waals surface area contributed by atoms with Crippen LogP contribution in [0.1, 0.15) is 5.56 Å². The van der Waals surface area contributed by atoms with Gasteiger partial charge in [-0.15, -0.1) is 11.3 Å². The lowest BCUT2D eigenvalue weighted by Gasteiger charge is -2.17. The highest BCUT2D eigenvalue weighted by Gasteiger charge is 2.24. The molecular formula is C21H19FN4O3S2. The summed E-state index contributed by atoms with van der Waals surface area (Å²) in [6, 6.07) is 12.2. The highest BCUT2D eigenvalue weighted by atomic mass is 32.2. The van der Waals surface area contributed by atoms with E-state index in [0.29, 0.717) is 22.0 Å². The van der Waals surface area contributed by atoms with Crippen molar-refractivity contribution in [2.75, 3.05) is 18.9 Å². The fraction of sp³-hybridized carbons (Fsp3) is 0.143. The fourth-order valence-electron chi connectivity index (χ4n) is 3.06. The number of imidazole rings is 1. The number of hydrogen-bond acceptors (Lipinski definition) is 5. The quantitative estimate of drug-likeness (QED) is 0.477. The SMILES string of the molecule is Cc1ccc(S(=O)(=O)N(C)CC(=O)Nc2c(-c3ccc(F)cc3)nc3sccn23)cc1. The molecule has 4 aromatic rings. The van der Waals surface area contributed by atoms with E-state index in [1.807, 2.05) is 12.3 Å². The lowest BCUT2D eigenvalue weighted by Crippen LogP contribution is -2.35. The van der Waals surface area contributed by atoms with Gasteiger partial charge in [0.1, 0.15) is 17.3 Å². The van der Waals surface area contributed by atoms with Gasteiger partial charge in [0.25, 0.3) is 0 Å². The molecule has 0 saturated carbocycles. The third-order valence-electron chi connectivity index (χ3n) is 4.73. The van der Waals surface area contributed by atoms with E-state index in [-0.39, 0.29) is 17.3 Å². The zero-order valence-corrected chi connectivity index (χ0v) is 18.4. The Balaban J connectivity index is 1.58. The van der Waals surface area contributed by atoms with Gasteiger partial charge >= 0.3 is 0 Å². The van der Waals surface area contributed by atoms with Crippen LogP contribution in [0.5, 0.6) is 0 Å². The highest BCUT2D eigenvalue weighted by molar-refractivity contribution is 7.89. The summed E-state index contributed by atoms with van der Waals surface area (Å²) < 4.78 is 41.6. The molecule has 2 aromatic heterocycles. The minimum absolute atomic E-state index is 0.116. The van der Waals surface area contributed by atoms with Crippen molar-refractivity contribution in [1.82, 2.24) is 13.7 Å². The number of amides is 1. The number of sulfonamides is 1. The second-order valence-corrected chi connectivity index (χ2v) is 9.91.